The van der Waals surface area contributed by atoms with E-state index in [9.17, 15) is 4.79 Å². The fourth-order valence-electron chi connectivity index (χ4n) is 2.49. The van der Waals surface area contributed by atoms with Crippen molar-refractivity contribution in [3.05, 3.63) is 11.7 Å². The lowest BCUT2D eigenvalue weighted by Gasteiger charge is -2.32. The molecule has 19 heavy (non-hydrogen) atoms. The summed E-state index contributed by atoms with van der Waals surface area (Å²) in [6.07, 6.45) is 5.86. The number of carbonyl (C=O) groups excluding carboxylic acids is 1. The van der Waals surface area contributed by atoms with Gasteiger partial charge in [-0.05, 0) is 44.4 Å². The summed E-state index contributed by atoms with van der Waals surface area (Å²) in [6, 6.07) is 0.289. The molecule has 3 rings (SSSR count). The van der Waals surface area contributed by atoms with Crippen molar-refractivity contribution in [3.63, 3.8) is 0 Å². The van der Waals surface area contributed by atoms with Crippen molar-refractivity contribution in [2.24, 2.45) is 11.7 Å². The highest BCUT2D eigenvalue weighted by Crippen LogP contribution is 2.36. The molecule has 3 N–H and O–H groups in total. The lowest BCUT2D eigenvalue weighted by molar-refractivity contribution is 0.0937. The molecule has 0 unspecified atom stereocenters. The third kappa shape index (κ3) is 2.63. The van der Waals surface area contributed by atoms with Crippen molar-refractivity contribution in [1.82, 2.24) is 15.5 Å². The first kappa shape index (κ1) is 12.6. The third-order valence-electron chi connectivity index (χ3n) is 4.13. The van der Waals surface area contributed by atoms with E-state index in [1.165, 1.54) is 0 Å². The SMILES string of the molecule is CC1CCC(N)(c2nc(C(=O)NC3CC3)no2)CC1. The molecule has 0 radical (unpaired) electrons. The Labute approximate surface area is 112 Å². The number of amides is 1. The van der Waals surface area contributed by atoms with Gasteiger partial charge in [0.1, 0.15) is 0 Å². The summed E-state index contributed by atoms with van der Waals surface area (Å²) in [5.74, 6) is 0.938. The van der Waals surface area contributed by atoms with E-state index in [0.717, 1.165) is 38.5 Å². The maximum absolute atomic E-state index is 11.8. The Bertz CT molecular complexity index is 473. The van der Waals surface area contributed by atoms with E-state index in [0.29, 0.717) is 11.8 Å². The summed E-state index contributed by atoms with van der Waals surface area (Å²) < 4.78 is 5.22. The van der Waals surface area contributed by atoms with Gasteiger partial charge in [-0.1, -0.05) is 12.1 Å². The van der Waals surface area contributed by atoms with Crippen LogP contribution >= 0.6 is 0 Å². The molecule has 0 atom stereocenters. The smallest absolute Gasteiger partial charge is 0.292 e. The van der Waals surface area contributed by atoms with Crippen LogP contribution in [-0.2, 0) is 5.54 Å². The van der Waals surface area contributed by atoms with E-state index in [4.69, 9.17) is 10.3 Å². The molecule has 2 aliphatic carbocycles. The summed E-state index contributed by atoms with van der Waals surface area (Å²) in [5.41, 5.74) is 5.78. The predicted octanol–water partition coefficient (Wildman–Crippen LogP) is 1.33. The Morgan fingerprint density at radius 1 is 1.37 bits per heavy atom. The number of nitrogens with two attached hydrogens (primary N) is 1. The Balaban J connectivity index is 1.71. The van der Waals surface area contributed by atoms with Crippen LogP contribution in [0.2, 0.25) is 0 Å². The molecule has 0 bridgehead atoms. The molecule has 1 heterocycles. The van der Waals surface area contributed by atoms with Crippen LogP contribution in [0.1, 0.15) is 62.0 Å². The van der Waals surface area contributed by atoms with Gasteiger partial charge in [-0.2, -0.15) is 4.98 Å². The summed E-state index contributed by atoms with van der Waals surface area (Å²) in [4.78, 5) is 16.0. The van der Waals surface area contributed by atoms with Gasteiger partial charge in [0.05, 0.1) is 5.54 Å². The van der Waals surface area contributed by atoms with Crippen LogP contribution in [0.25, 0.3) is 0 Å². The van der Waals surface area contributed by atoms with Gasteiger partial charge in [0.25, 0.3) is 11.7 Å². The normalized spacial score (nSPS) is 31.2. The number of rotatable bonds is 3. The first-order chi connectivity index (χ1) is 9.07. The number of hydrogen-bond donors (Lipinski definition) is 2. The Morgan fingerprint density at radius 3 is 2.68 bits per heavy atom. The summed E-state index contributed by atoms with van der Waals surface area (Å²) in [6.45, 7) is 2.22. The highest BCUT2D eigenvalue weighted by molar-refractivity contribution is 5.90. The average Bonchev–Trinajstić information content (AvgIpc) is 3.06. The minimum atomic E-state index is -0.558. The van der Waals surface area contributed by atoms with Crippen molar-refractivity contribution >= 4 is 5.91 Å². The number of aromatic nitrogens is 2. The van der Waals surface area contributed by atoms with Crippen molar-refractivity contribution in [3.8, 4) is 0 Å². The quantitative estimate of drug-likeness (QED) is 0.858. The largest absolute Gasteiger partial charge is 0.346 e. The fourth-order valence-corrected chi connectivity index (χ4v) is 2.49. The van der Waals surface area contributed by atoms with E-state index >= 15 is 0 Å². The molecule has 0 spiro atoms. The first-order valence-corrected chi connectivity index (χ1v) is 7.01. The van der Waals surface area contributed by atoms with Gasteiger partial charge in [0.15, 0.2) is 0 Å². The molecule has 2 saturated carbocycles. The third-order valence-corrected chi connectivity index (χ3v) is 4.13. The van der Waals surface area contributed by atoms with Gasteiger partial charge in [-0.3, -0.25) is 4.79 Å². The van der Waals surface area contributed by atoms with E-state index in [1.54, 1.807) is 0 Å². The summed E-state index contributed by atoms with van der Waals surface area (Å²) in [7, 11) is 0. The Morgan fingerprint density at radius 2 is 2.05 bits per heavy atom. The topological polar surface area (TPSA) is 94.0 Å². The molecular formula is C13H20N4O2. The minimum Gasteiger partial charge on any atom is -0.346 e. The molecule has 1 aromatic heterocycles. The number of hydrogen-bond acceptors (Lipinski definition) is 5. The summed E-state index contributed by atoms with van der Waals surface area (Å²) in [5, 5.41) is 6.60. The van der Waals surface area contributed by atoms with Crippen LogP contribution < -0.4 is 11.1 Å². The lowest BCUT2D eigenvalue weighted by Crippen LogP contribution is -2.40. The number of nitrogens with one attached hydrogen (secondary N) is 1. The Kier molecular flexibility index (Phi) is 3.05. The molecular weight excluding hydrogens is 244 g/mol. The van der Waals surface area contributed by atoms with Crippen LogP contribution in [0.4, 0.5) is 0 Å². The first-order valence-electron chi connectivity index (χ1n) is 7.01. The van der Waals surface area contributed by atoms with Gasteiger partial charge < -0.3 is 15.6 Å². The standard InChI is InChI=1S/C13H20N4O2/c1-8-4-6-13(14,7-5-8)12-16-10(17-19-12)11(18)15-9-2-3-9/h8-9H,2-7,14H2,1H3,(H,15,18). The molecule has 6 heteroatoms. The van der Waals surface area contributed by atoms with Gasteiger partial charge in [0.2, 0.25) is 5.89 Å². The zero-order valence-corrected chi connectivity index (χ0v) is 11.2. The summed E-state index contributed by atoms with van der Waals surface area (Å²) >= 11 is 0. The number of nitrogens with zero attached hydrogens (tertiary/aromatic N) is 2. The predicted molar refractivity (Wildman–Crippen MR) is 68.3 cm³/mol. The van der Waals surface area contributed by atoms with E-state index in [1.807, 2.05) is 0 Å². The van der Waals surface area contributed by atoms with Gasteiger partial charge in [-0.15, -0.1) is 0 Å². The second kappa shape index (κ2) is 4.59. The van der Waals surface area contributed by atoms with E-state index in [2.05, 4.69) is 22.4 Å². The zero-order valence-electron chi connectivity index (χ0n) is 11.2. The molecule has 104 valence electrons. The molecule has 1 aromatic rings. The molecule has 1 amide bonds. The second-order valence-corrected chi connectivity index (χ2v) is 6.01. The van der Waals surface area contributed by atoms with Gasteiger partial charge >= 0.3 is 0 Å². The molecule has 0 aromatic carbocycles. The number of carbonyl (C=O) groups is 1. The van der Waals surface area contributed by atoms with Gasteiger partial charge in [0, 0.05) is 6.04 Å². The molecule has 2 aliphatic rings. The van der Waals surface area contributed by atoms with Crippen LogP contribution in [0.3, 0.4) is 0 Å². The van der Waals surface area contributed by atoms with Crippen molar-refractivity contribution in [2.45, 2.75) is 57.0 Å². The maximum Gasteiger partial charge on any atom is 0.292 e. The van der Waals surface area contributed by atoms with Crippen LogP contribution in [0, 0.1) is 5.92 Å². The maximum atomic E-state index is 11.8. The zero-order chi connectivity index (χ0) is 13.5. The van der Waals surface area contributed by atoms with Gasteiger partial charge in [-0.25, -0.2) is 0 Å². The Hall–Kier alpha value is -1.43. The van der Waals surface area contributed by atoms with Crippen molar-refractivity contribution < 1.29 is 9.32 Å². The van der Waals surface area contributed by atoms with E-state index in [-0.39, 0.29) is 17.8 Å². The monoisotopic (exact) mass is 264 g/mol. The molecule has 0 saturated heterocycles. The second-order valence-electron chi connectivity index (χ2n) is 6.01. The molecule has 6 nitrogen and oxygen atoms in total. The average molecular weight is 264 g/mol. The molecule has 0 aliphatic heterocycles. The minimum absolute atomic E-state index is 0.102. The highest BCUT2D eigenvalue weighted by Gasteiger charge is 2.38. The van der Waals surface area contributed by atoms with Crippen LogP contribution in [-0.4, -0.2) is 22.1 Å². The fraction of sp³-hybridized carbons (Fsp3) is 0.769. The van der Waals surface area contributed by atoms with E-state index < -0.39 is 5.54 Å². The molecule has 2 fully saturated rings. The van der Waals surface area contributed by atoms with Crippen molar-refractivity contribution in [2.75, 3.05) is 0 Å². The van der Waals surface area contributed by atoms with Crippen LogP contribution in [0.5, 0.6) is 0 Å². The van der Waals surface area contributed by atoms with Crippen molar-refractivity contribution in [1.29, 1.82) is 0 Å². The lowest BCUT2D eigenvalue weighted by atomic mass is 9.78. The highest BCUT2D eigenvalue weighted by atomic mass is 16.5. The van der Waals surface area contributed by atoms with Crippen LogP contribution in [0.15, 0.2) is 4.52 Å².